The first-order chi connectivity index (χ1) is 10.3. The number of Topliss-reactive ketones (excluding diaryl/α,β-unsaturated/α-hetero) is 1. The number of aromatic nitrogens is 4. The Morgan fingerprint density at radius 3 is 2.33 bits per heavy atom. The molecule has 0 spiro atoms. The Labute approximate surface area is 122 Å². The molecular formula is C16H14N4O. The first kappa shape index (κ1) is 13.2. The summed E-state index contributed by atoms with van der Waals surface area (Å²) >= 11 is 0. The predicted molar refractivity (Wildman–Crippen MR) is 78.6 cm³/mol. The lowest BCUT2D eigenvalue weighted by Crippen LogP contribution is -2.08. The minimum atomic E-state index is 0.0881. The van der Waals surface area contributed by atoms with E-state index in [4.69, 9.17) is 0 Å². The molecular weight excluding hydrogens is 264 g/mol. The standard InChI is InChI=1S/C16H14N4O/c21-15(13-7-3-1-4-8-13)11-12-20-16(17-18-19-20)14-9-5-2-6-10-14/h1-10H,11-12H2. The Morgan fingerprint density at radius 2 is 1.62 bits per heavy atom. The summed E-state index contributed by atoms with van der Waals surface area (Å²) in [6.07, 6.45) is 0.370. The number of carbonyl (C=O) groups is 1. The van der Waals surface area contributed by atoms with Crippen LogP contribution in [0.3, 0.4) is 0 Å². The van der Waals surface area contributed by atoms with Gasteiger partial charge < -0.3 is 0 Å². The monoisotopic (exact) mass is 278 g/mol. The van der Waals surface area contributed by atoms with E-state index in [9.17, 15) is 4.79 Å². The van der Waals surface area contributed by atoms with Crippen LogP contribution in [-0.2, 0) is 6.54 Å². The van der Waals surface area contributed by atoms with Gasteiger partial charge in [0.15, 0.2) is 11.6 Å². The third kappa shape index (κ3) is 3.02. The van der Waals surface area contributed by atoms with Crippen molar-refractivity contribution < 1.29 is 4.79 Å². The smallest absolute Gasteiger partial charge is 0.182 e. The van der Waals surface area contributed by atoms with Gasteiger partial charge in [0.2, 0.25) is 0 Å². The molecule has 0 fully saturated rings. The van der Waals surface area contributed by atoms with Crippen molar-refractivity contribution in [3.05, 3.63) is 66.2 Å². The van der Waals surface area contributed by atoms with Crippen LogP contribution < -0.4 is 0 Å². The molecule has 0 unspecified atom stereocenters. The number of carbonyl (C=O) groups excluding carboxylic acids is 1. The number of hydrogen-bond donors (Lipinski definition) is 0. The van der Waals surface area contributed by atoms with Crippen LogP contribution >= 0.6 is 0 Å². The number of rotatable bonds is 5. The first-order valence-corrected chi connectivity index (χ1v) is 6.74. The van der Waals surface area contributed by atoms with Crippen LogP contribution in [0.5, 0.6) is 0 Å². The van der Waals surface area contributed by atoms with E-state index in [-0.39, 0.29) is 5.78 Å². The van der Waals surface area contributed by atoms with Crippen molar-refractivity contribution in [1.29, 1.82) is 0 Å². The highest BCUT2D eigenvalue weighted by Crippen LogP contribution is 2.15. The molecule has 2 aromatic carbocycles. The molecule has 0 saturated carbocycles. The van der Waals surface area contributed by atoms with Gasteiger partial charge in [0.25, 0.3) is 0 Å². The van der Waals surface area contributed by atoms with Gasteiger partial charge in [0, 0.05) is 17.5 Å². The van der Waals surface area contributed by atoms with E-state index in [1.807, 2.05) is 60.7 Å². The van der Waals surface area contributed by atoms with Crippen molar-refractivity contribution in [1.82, 2.24) is 20.2 Å². The van der Waals surface area contributed by atoms with Crippen LogP contribution in [0.1, 0.15) is 16.8 Å². The van der Waals surface area contributed by atoms with E-state index < -0.39 is 0 Å². The Morgan fingerprint density at radius 1 is 0.952 bits per heavy atom. The molecule has 0 aliphatic rings. The highest BCUT2D eigenvalue weighted by atomic mass is 16.1. The van der Waals surface area contributed by atoms with Crippen LogP contribution in [0.15, 0.2) is 60.7 Å². The largest absolute Gasteiger partial charge is 0.294 e. The second-order valence-electron chi connectivity index (χ2n) is 4.63. The molecule has 1 heterocycles. The second-order valence-corrected chi connectivity index (χ2v) is 4.63. The molecule has 3 rings (SSSR count). The average molecular weight is 278 g/mol. The van der Waals surface area contributed by atoms with Crippen molar-refractivity contribution >= 4 is 5.78 Å². The van der Waals surface area contributed by atoms with E-state index in [1.165, 1.54) is 0 Å². The van der Waals surface area contributed by atoms with Crippen LogP contribution in [0.25, 0.3) is 11.4 Å². The normalized spacial score (nSPS) is 10.5. The van der Waals surface area contributed by atoms with Crippen molar-refractivity contribution in [3.63, 3.8) is 0 Å². The molecule has 0 radical (unpaired) electrons. The minimum Gasteiger partial charge on any atom is -0.294 e. The number of ketones is 1. The zero-order chi connectivity index (χ0) is 14.5. The first-order valence-electron chi connectivity index (χ1n) is 6.74. The van der Waals surface area contributed by atoms with E-state index in [1.54, 1.807) is 4.68 Å². The average Bonchev–Trinajstić information content (AvgIpc) is 3.03. The number of benzene rings is 2. The van der Waals surface area contributed by atoms with Gasteiger partial charge in [-0.3, -0.25) is 4.79 Å². The topological polar surface area (TPSA) is 60.7 Å². The van der Waals surface area contributed by atoms with Crippen molar-refractivity contribution in [2.45, 2.75) is 13.0 Å². The molecule has 1 aromatic heterocycles. The highest BCUT2D eigenvalue weighted by Gasteiger charge is 2.11. The van der Waals surface area contributed by atoms with E-state index in [0.29, 0.717) is 24.4 Å². The lowest BCUT2D eigenvalue weighted by Gasteiger charge is -2.04. The molecule has 0 saturated heterocycles. The molecule has 104 valence electrons. The summed E-state index contributed by atoms with van der Waals surface area (Å²) in [5, 5.41) is 11.7. The molecule has 5 nitrogen and oxygen atoms in total. The fraction of sp³-hybridized carbons (Fsp3) is 0.125. The molecule has 0 aliphatic carbocycles. The van der Waals surface area contributed by atoms with Crippen LogP contribution in [0.4, 0.5) is 0 Å². The Balaban J connectivity index is 1.73. The molecule has 0 bridgehead atoms. The summed E-state index contributed by atoms with van der Waals surface area (Å²) in [6, 6.07) is 19.0. The summed E-state index contributed by atoms with van der Waals surface area (Å²) < 4.78 is 1.66. The molecule has 3 aromatic rings. The van der Waals surface area contributed by atoms with Crippen LogP contribution in [0.2, 0.25) is 0 Å². The summed E-state index contributed by atoms with van der Waals surface area (Å²) in [5.41, 5.74) is 1.65. The van der Waals surface area contributed by atoms with Gasteiger partial charge in [0.1, 0.15) is 0 Å². The molecule has 0 aliphatic heterocycles. The fourth-order valence-electron chi connectivity index (χ4n) is 2.13. The minimum absolute atomic E-state index is 0.0881. The predicted octanol–water partition coefficient (Wildman–Crippen LogP) is 2.61. The quantitative estimate of drug-likeness (QED) is 0.673. The summed E-state index contributed by atoms with van der Waals surface area (Å²) in [7, 11) is 0. The highest BCUT2D eigenvalue weighted by molar-refractivity contribution is 5.95. The third-order valence-corrected chi connectivity index (χ3v) is 3.21. The number of aryl methyl sites for hydroxylation is 1. The maximum atomic E-state index is 12.1. The maximum absolute atomic E-state index is 12.1. The van der Waals surface area contributed by atoms with E-state index in [2.05, 4.69) is 15.5 Å². The van der Waals surface area contributed by atoms with Gasteiger partial charge in [-0.25, -0.2) is 4.68 Å². The molecule has 5 heteroatoms. The summed E-state index contributed by atoms with van der Waals surface area (Å²) in [5.74, 6) is 0.765. The van der Waals surface area contributed by atoms with Gasteiger partial charge in [-0.1, -0.05) is 60.7 Å². The van der Waals surface area contributed by atoms with Crippen molar-refractivity contribution in [2.24, 2.45) is 0 Å². The van der Waals surface area contributed by atoms with Gasteiger partial charge in [-0.2, -0.15) is 0 Å². The Kier molecular flexibility index (Phi) is 3.82. The van der Waals surface area contributed by atoms with Gasteiger partial charge >= 0.3 is 0 Å². The maximum Gasteiger partial charge on any atom is 0.182 e. The lowest BCUT2D eigenvalue weighted by atomic mass is 10.1. The molecule has 0 atom stereocenters. The van der Waals surface area contributed by atoms with Gasteiger partial charge in [0.05, 0.1) is 6.54 Å². The van der Waals surface area contributed by atoms with Crippen LogP contribution in [-0.4, -0.2) is 26.0 Å². The SMILES string of the molecule is O=C(CCn1nnnc1-c1ccccc1)c1ccccc1. The number of hydrogen-bond acceptors (Lipinski definition) is 4. The molecule has 0 N–H and O–H groups in total. The number of nitrogens with zero attached hydrogens (tertiary/aromatic N) is 4. The van der Waals surface area contributed by atoms with Crippen molar-refractivity contribution in [2.75, 3.05) is 0 Å². The van der Waals surface area contributed by atoms with Gasteiger partial charge in [-0.05, 0) is 10.4 Å². The Bertz CT molecular complexity index is 722. The summed E-state index contributed by atoms with van der Waals surface area (Å²) in [6.45, 7) is 0.463. The second kappa shape index (κ2) is 6.09. The van der Waals surface area contributed by atoms with Crippen molar-refractivity contribution in [3.8, 4) is 11.4 Å². The molecule has 21 heavy (non-hydrogen) atoms. The van der Waals surface area contributed by atoms with Gasteiger partial charge in [-0.15, -0.1) is 5.10 Å². The summed E-state index contributed by atoms with van der Waals surface area (Å²) in [4.78, 5) is 12.1. The third-order valence-electron chi connectivity index (χ3n) is 3.21. The Hall–Kier alpha value is -2.82. The fourth-order valence-corrected chi connectivity index (χ4v) is 2.13. The molecule has 0 amide bonds. The zero-order valence-corrected chi connectivity index (χ0v) is 11.4. The zero-order valence-electron chi connectivity index (χ0n) is 11.4. The lowest BCUT2D eigenvalue weighted by molar-refractivity contribution is 0.0975. The number of tetrazole rings is 1. The van der Waals surface area contributed by atoms with E-state index >= 15 is 0 Å². The van der Waals surface area contributed by atoms with E-state index in [0.717, 1.165) is 5.56 Å². The van der Waals surface area contributed by atoms with Crippen LogP contribution in [0, 0.1) is 0 Å².